The van der Waals surface area contributed by atoms with Crippen LogP contribution in [-0.4, -0.2) is 27.0 Å². The van der Waals surface area contributed by atoms with E-state index >= 15 is 0 Å². The first-order chi connectivity index (χ1) is 10.3. The van der Waals surface area contributed by atoms with Gasteiger partial charge in [0.25, 0.3) is 0 Å². The van der Waals surface area contributed by atoms with Gasteiger partial charge in [0.1, 0.15) is 0 Å². The van der Waals surface area contributed by atoms with Crippen molar-refractivity contribution in [2.75, 3.05) is 6.61 Å². The summed E-state index contributed by atoms with van der Waals surface area (Å²) < 4.78 is 28.0. The van der Waals surface area contributed by atoms with E-state index in [1.165, 1.54) is 37.1 Å². The number of nitrogens with two attached hydrogens (primary N) is 1. The van der Waals surface area contributed by atoms with Crippen molar-refractivity contribution in [2.45, 2.75) is 37.7 Å². The molecule has 0 aromatic heterocycles. The van der Waals surface area contributed by atoms with Gasteiger partial charge in [0.2, 0.25) is 5.91 Å². The molecule has 122 valence electrons. The van der Waals surface area contributed by atoms with E-state index in [-0.39, 0.29) is 10.5 Å². The SMILES string of the molecule is C=CS(=O)(=O)c1cccc(C(N)=O)c1.CCC1COC(C)C1. The van der Waals surface area contributed by atoms with Gasteiger partial charge in [-0.15, -0.1) is 0 Å². The maximum Gasteiger partial charge on any atom is 0.248 e. The van der Waals surface area contributed by atoms with Gasteiger partial charge in [0, 0.05) is 17.6 Å². The summed E-state index contributed by atoms with van der Waals surface area (Å²) >= 11 is 0. The second-order valence-electron chi connectivity index (χ2n) is 5.26. The Morgan fingerprint density at radius 1 is 1.50 bits per heavy atom. The molecule has 2 unspecified atom stereocenters. The lowest BCUT2D eigenvalue weighted by Crippen LogP contribution is -2.11. The molecule has 1 aromatic carbocycles. The number of amides is 1. The molecule has 0 radical (unpaired) electrons. The van der Waals surface area contributed by atoms with Gasteiger partial charge in [-0.3, -0.25) is 4.79 Å². The van der Waals surface area contributed by atoms with Crippen molar-refractivity contribution in [3.63, 3.8) is 0 Å². The van der Waals surface area contributed by atoms with Crippen molar-refractivity contribution >= 4 is 15.7 Å². The number of ether oxygens (including phenoxy) is 1. The zero-order valence-electron chi connectivity index (χ0n) is 13.0. The highest BCUT2D eigenvalue weighted by atomic mass is 32.2. The largest absolute Gasteiger partial charge is 0.378 e. The fraction of sp³-hybridized carbons (Fsp3) is 0.438. The number of carbonyl (C=O) groups is 1. The van der Waals surface area contributed by atoms with Crippen LogP contribution in [0.1, 0.15) is 37.0 Å². The van der Waals surface area contributed by atoms with Crippen molar-refractivity contribution < 1.29 is 17.9 Å². The van der Waals surface area contributed by atoms with Crippen molar-refractivity contribution in [1.29, 1.82) is 0 Å². The van der Waals surface area contributed by atoms with Gasteiger partial charge < -0.3 is 10.5 Å². The number of sulfone groups is 1. The Kier molecular flexibility index (Phi) is 6.77. The third-order valence-electron chi connectivity index (χ3n) is 3.53. The molecule has 22 heavy (non-hydrogen) atoms. The molecule has 0 aliphatic carbocycles. The first-order valence-electron chi connectivity index (χ1n) is 7.19. The Labute approximate surface area is 132 Å². The highest BCUT2D eigenvalue weighted by molar-refractivity contribution is 7.94. The van der Waals surface area contributed by atoms with Crippen molar-refractivity contribution in [3.05, 3.63) is 41.8 Å². The molecule has 1 aliphatic heterocycles. The van der Waals surface area contributed by atoms with Crippen LogP contribution in [0.2, 0.25) is 0 Å². The molecule has 2 N–H and O–H groups in total. The highest BCUT2D eigenvalue weighted by Gasteiger charge is 2.19. The average molecular weight is 325 g/mol. The van der Waals surface area contributed by atoms with Crippen LogP contribution >= 0.6 is 0 Å². The minimum Gasteiger partial charge on any atom is -0.378 e. The summed E-state index contributed by atoms with van der Waals surface area (Å²) in [4.78, 5) is 10.8. The van der Waals surface area contributed by atoms with Gasteiger partial charge in [0.05, 0.1) is 11.0 Å². The van der Waals surface area contributed by atoms with Gasteiger partial charge in [-0.1, -0.05) is 26.0 Å². The second kappa shape index (κ2) is 8.10. The van der Waals surface area contributed by atoms with Crippen LogP contribution in [0.5, 0.6) is 0 Å². The molecule has 0 bridgehead atoms. The highest BCUT2D eigenvalue weighted by Crippen LogP contribution is 2.20. The number of carbonyl (C=O) groups excluding carboxylic acids is 1. The second-order valence-corrected chi connectivity index (χ2v) is 7.15. The van der Waals surface area contributed by atoms with Crippen LogP contribution in [-0.2, 0) is 14.6 Å². The number of hydrogen-bond acceptors (Lipinski definition) is 4. The first-order valence-corrected chi connectivity index (χ1v) is 8.73. The number of rotatable bonds is 4. The van der Waals surface area contributed by atoms with E-state index in [2.05, 4.69) is 20.4 Å². The molecule has 2 rings (SSSR count). The Balaban J connectivity index is 0.000000255. The van der Waals surface area contributed by atoms with E-state index in [0.29, 0.717) is 6.10 Å². The molecule has 1 aromatic rings. The standard InChI is InChI=1S/C9H9NO3S.C7H14O/c1-2-14(12,13)8-5-3-4-7(6-8)9(10)11;1-3-7-4-6(2)8-5-7/h2-6H,1H2,(H2,10,11);6-7H,3-5H2,1-2H3. The molecule has 6 heteroatoms. The molecule has 1 fully saturated rings. The zero-order chi connectivity index (χ0) is 16.8. The molecule has 5 nitrogen and oxygen atoms in total. The smallest absolute Gasteiger partial charge is 0.248 e. The third-order valence-corrected chi connectivity index (χ3v) is 4.88. The minimum atomic E-state index is -3.50. The molecular weight excluding hydrogens is 302 g/mol. The van der Waals surface area contributed by atoms with Crippen LogP contribution in [0.15, 0.2) is 41.1 Å². The summed E-state index contributed by atoms with van der Waals surface area (Å²) in [5.41, 5.74) is 5.17. The van der Waals surface area contributed by atoms with Crippen molar-refractivity contribution in [2.24, 2.45) is 11.7 Å². The van der Waals surface area contributed by atoms with Gasteiger partial charge in [-0.2, -0.15) is 0 Å². The first kappa shape index (κ1) is 18.4. The van der Waals surface area contributed by atoms with Gasteiger partial charge in [-0.05, 0) is 37.5 Å². The van der Waals surface area contributed by atoms with E-state index in [1.54, 1.807) is 0 Å². The lowest BCUT2D eigenvalue weighted by atomic mass is 10.0. The van der Waals surface area contributed by atoms with Gasteiger partial charge >= 0.3 is 0 Å². The topological polar surface area (TPSA) is 86.5 Å². The van der Waals surface area contributed by atoms with Crippen LogP contribution in [0.4, 0.5) is 0 Å². The predicted octanol–water partition coefficient (Wildman–Crippen LogP) is 2.52. The number of hydrogen-bond donors (Lipinski definition) is 1. The molecular formula is C16H23NO4S. The Hall–Kier alpha value is -1.66. The summed E-state index contributed by atoms with van der Waals surface area (Å²) in [6.07, 6.45) is 3.08. The monoisotopic (exact) mass is 325 g/mol. The average Bonchev–Trinajstić information content (AvgIpc) is 2.94. The maximum atomic E-state index is 11.3. The Bertz CT molecular complexity index is 625. The number of benzene rings is 1. The molecule has 1 amide bonds. The molecule has 0 spiro atoms. The van der Waals surface area contributed by atoms with E-state index in [0.717, 1.165) is 17.9 Å². The van der Waals surface area contributed by atoms with Crippen LogP contribution in [0.25, 0.3) is 0 Å². The molecule has 1 heterocycles. The summed E-state index contributed by atoms with van der Waals surface area (Å²) in [7, 11) is -3.50. The van der Waals surface area contributed by atoms with Gasteiger partial charge in [0.15, 0.2) is 9.84 Å². The lowest BCUT2D eigenvalue weighted by Gasteiger charge is -2.00. The molecule has 1 aliphatic rings. The quantitative estimate of drug-likeness (QED) is 0.921. The van der Waals surface area contributed by atoms with Gasteiger partial charge in [-0.25, -0.2) is 8.42 Å². The van der Waals surface area contributed by atoms with Crippen LogP contribution in [0.3, 0.4) is 0 Å². The van der Waals surface area contributed by atoms with Crippen LogP contribution < -0.4 is 5.73 Å². The maximum absolute atomic E-state index is 11.3. The lowest BCUT2D eigenvalue weighted by molar-refractivity contribution is 0.1000. The Morgan fingerprint density at radius 3 is 2.59 bits per heavy atom. The summed E-state index contributed by atoms with van der Waals surface area (Å²) in [5.74, 6) is 0.191. The van der Waals surface area contributed by atoms with E-state index in [1.807, 2.05) is 0 Å². The minimum absolute atomic E-state index is 0.0174. The fourth-order valence-electron chi connectivity index (χ4n) is 2.11. The van der Waals surface area contributed by atoms with E-state index in [4.69, 9.17) is 10.5 Å². The zero-order valence-corrected chi connectivity index (χ0v) is 13.8. The molecule has 0 saturated carbocycles. The molecule has 1 saturated heterocycles. The summed E-state index contributed by atoms with van der Waals surface area (Å²) in [6, 6.07) is 5.50. The Morgan fingerprint density at radius 2 is 2.18 bits per heavy atom. The van der Waals surface area contributed by atoms with E-state index in [9.17, 15) is 13.2 Å². The van der Waals surface area contributed by atoms with E-state index < -0.39 is 15.7 Å². The summed E-state index contributed by atoms with van der Waals surface area (Å²) in [6.45, 7) is 8.55. The van der Waals surface area contributed by atoms with Crippen LogP contribution in [0, 0.1) is 5.92 Å². The predicted molar refractivity (Wildman–Crippen MR) is 86.2 cm³/mol. The normalized spacial score (nSPS) is 20.8. The van der Waals surface area contributed by atoms with Crippen molar-refractivity contribution in [3.8, 4) is 0 Å². The van der Waals surface area contributed by atoms with Crippen molar-refractivity contribution in [1.82, 2.24) is 0 Å². The summed E-state index contributed by atoms with van der Waals surface area (Å²) in [5, 5.41) is 0.826. The fourth-order valence-corrected chi connectivity index (χ4v) is 2.86. The number of primary amides is 1. The molecule has 2 atom stereocenters. The third kappa shape index (κ3) is 5.27.